The minimum Gasteiger partial charge on any atom is -0.384 e. The summed E-state index contributed by atoms with van der Waals surface area (Å²) in [6.07, 6.45) is 3.63. The Morgan fingerprint density at radius 3 is 2.60 bits per heavy atom. The number of benzene rings is 2. The van der Waals surface area contributed by atoms with E-state index < -0.39 is 11.9 Å². The highest BCUT2D eigenvalue weighted by molar-refractivity contribution is 5.98. The molecule has 2 heterocycles. The first-order valence-corrected chi connectivity index (χ1v) is 12.2. The summed E-state index contributed by atoms with van der Waals surface area (Å²) in [7, 11) is 0. The zero-order valence-corrected chi connectivity index (χ0v) is 20.2. The summed E-state index contributed by atoms with van der Waals surface area (Å²) in [6, 6.07) is 17.1. The van der Waals surface area contributed by atoms with Gasteiger partial charge in [-0.2, -0.15) is 0 Å². The largest absolute Gasteiger partial charge is 0.384 e. The maximum Gasteiger partial charge on any atom is 0.244 e. The highest BCUT2D eigenvalue weighted by Crippen LogP contribution is 2.28. The summed E-state index contributed by atoms with van der Waals surface area (Å²) in [6.45, 7) is 3.59. The maximum absolute atomic E-state index is 13.6. The Morgan fingerprint density at radius 2 is 1.91 bits per heavy atom. The van der Waals surface area contributed by atoms with Gasteiger partial charge in [0.1, 0.15) is 11.9 Å². The fourth-order valence-corrected chi connectivity index (χ4v) is 5.16. The SMILES string of the molecule is CCn1c(CCC2CCCN2C(=O)C(NCC(N)=O)c2ccccc2)cc2ccc(C(=N)N)cc21. The number of nitrogen functional groups attached to an aromatic ring is 1. The number of nitrogens with two attached hydrogens (primary N) is 2. The first kappa shape index (κ1) is 24.5. The zero-order chi connectivity index (χ0) is 24.9. The van der Waals surface area contributed by atoms with Gasteiger partial charge in [0, 0.05) is 35.9 Å². The van der Waals surface area contributed by atoms with Gasteiger partial charge in [-0.05, 0) is 55.7 Å². The van der Waals surface area contributed by atoms with Crippen LogP contribution in [-0.2, 0) is 22.6 Å². The molecule has 2 atom stereocenters. The number of aryl methyl sites for hydroxylation is 2. The van der Waals surface area contributed by atoms with Crippen LogP contribution in [0, 0.1) is 5.41 Å². The van der Waals surface area contributed by atoms with Crippen LogP contribution in [0.25, 0.3) is 10.9 Å². The summed E-state index contributed by atoms with van der Waals surface area (Å²) >= 11 is 0. The minimum atomic E-state index is -0.601. The van der Waals surface area contributed by atoms with Crippen molar-refractivity contribution in [3.8, 4) is 0 Å². The molecule has 8 nitrogen and oxygen atoms in total. The van der Waals surface area contributed by atoms with Crippen LogP contribution >= 0.6 is 0 Å². The van der Waals surface area contributed by atoms with Crippen molar-refractivity contribution in [2.45, 2.75) is 51.2 Å². The van der Waals surface area contributed by atoms with Gasteiger partial charge in [0.15, 0.2) is 0 Å². The number of nitrogens with one attached hydrogen (secondary N) is 2. The number of fused-ring (bicyclic) bond motifs is 1. The van der Waals surface area contributed by atoms with Gasteiger partial charge < -0.3 is 20.9 Å². The summed E-state index contributed by atoms with van der Waals surface area (Å²) < 4.78 is 2.27. The first-order chi connectivity index (χ1) is 16.9. The summed E-state index contributed by atoms with van der Waals surface area (Å²) in [4.78, 5) is 27.0. The lowest BCUT2D eigenvalue weighted by atomic mass is 10.0. The molecule has 0 spiro atoms. The molecule has 1 aliphatic heterocycles. The van der Waals surface area contributed by atoms with Gasteiger partial charge in [0.25, 0.3) is 0 Å². The Bertz CT molecular complexity index is 1220. The fourth-order valence-electron chi connectivity index (χ4n) is 5.16. The van der Waals surface area contributed by atoms with E-state index >= 15 is 0 Å². The predicted octanol–water partition coefficient (Wildman–Crippen LogP) is 2.69. The lowest BCUT2D eigenvalue weighted by Gasteiger charge is -2.29. The number of likely N-dealkylation sites (tertiary alicyclic amines) is 1. The standard InChI is InChI=1S/C27H34N6O2/c1-2-32-22(15-19-10-11-20(26(29)30)16-23(19)32)13-12-21-9-6-14-33(21)27(35)25(31-17-24(28)34)18-7-4-3-5-8-18/h3-5,7-8,10-11,15-16,21,25,31H,2,6,9,12-14,17H2,1H3,(H2,28,34)(H3,29,30). The van der Waals surface area contributed by atoms with E-state index in [2.05, 4.69) is 22.9 Å². The third-order valence-electron chi connectivity index (χ3n) is 6.87. The molecular weight excluding hydrogens is 440 g/mol. The average molecular weight is 475 g/mol. The molecule has 2 amide bonds. The Labute approximate surface area is 205 Å². The summed E-state index contributed by atoms with van der Waals surface area (Å²) in [5.41, 5.74) is 14.9. The quantitative estimate of drug-likeness (QED) is 0.266. The van der Waals surface area contributed by atoms with Crippen molar-refractivity contribution < 1.29 is 9.59 Å². The normalized spacial score (nSPS) is 16.5. The highest BCUT2D eigenvalue weighted by Gasteiger charge is 2.33. The monoisotopic (exact) mass is 474 g/mol. The fraction of sp³-hybridized carbons (Fsp3) is 0.370. The van der Waals surface area contributed by atoms with Crippen molar-refractivity contribution in [2.24, 2.45) is 11.5 Å². The van der Waals surface area contributed by atoms with Crippen molar-refractivity contribution in [2.75, 3.05) is 13.1 Å². The summed E-state index contributed by atoms with van der Waals surface area (Å²) in [5, 5.41) is 11.9. The molecule has 1 aliphatic rings. The number of carbonyl (C=O) groups is 2. The number of primary amides is 1. The number of carbonyl (C=O) groups excluding carboxylic acids is 2. The van der Waals surface area contributed by atoms with Crippen LogP contribution in [0.1, 0.15) is 49.0 Å². The maximum atomic E-state index is 13.6. The van der Waals surface area contributed by atoms with E-state index in [1.54, 1.807) is 0 Å². The number of rotatable bonds is 10. The van der Waals surface area contributed by atoms with Gasteiger partial charge in [-0.15, -0.1) is 0 Å². The third-order valence-corrected chi connectivity index (χ3v) is 6.87. The number of amides is 2. The topological polar surface area (TPSA) is 130 Å². The zero-order valence-electron chi connectivity index (χ0n) is 20.2. The van der Waals surface area contributed by atoms with Crippen LogP contribution in [-0.4, -0.2) is 46.2 Å². The molecule has 1 saturated heterocycles. The van der Waals surface area contributed by atoms with E-state index in [-0.39, 0.29) is 24.3 Å². The first-order valence-electron chi connectivity index (χ1n) is 12.2. The van der Waals surface area contributed by atoms with E-state index in [4.69, 9.17) is 16.9 Å². The molecule has 0 bridgehead atoms. The lowest BCUT2D eigenvalue weighted by Crippen LogP contribution is -2.45. The van der Waals surface area contributed by atoms with Crippen LogP contribution in [0.4, 0.5) is 0 Å². The van der Waals surface area contributed by atoms with E-state index in [9.17, 15) is 9.59 Å². The molecule has 8 heteroatoms. The molecule has 184 valence electrons. The van der Waals surface area contributed by atoms with Crippen LogP contribution in [0.5, 0.6) is 0 Å². The van der Waals surface area contributed by atoms with Gasteiger partial charge in [-0.25, -0.2) is 0 Å². The highest BCUT2D eigenvalue weighted by atomic mass is 16.2. The molecule has 2 unspecified atom stereocenters. The van der Waals surface area contributed by atoms with Crippen molar-refractivity contribution >= 4 is 28.6 Å². The number of nitrogens with zero attached hydrogens (tertiary/aromatic N) is 2. The van der Waals surface area contributed by atoms with E-state index in [1.807, 2.05) is 53.4 Å². The average Bonchev–Trinajstić information content (AvgIpc) is 3.46. The second-order valence-electron chi connectivity index (χ2n) is 9.12. The van der Waals surface area contributed by atoms with Gasteiger partial charge in [0.05, 0.1) is 6.54 Å². The molecule has 0 radical (unpaired) electrons. The Balaban J connectivity index is 1.52. The number of hydrogen-bond acceptors (Lipinski definition) is 4. The van der Waals surface area contributed by atoms with Crippen LogP contribution in [0.15, 0.2) is 54.6 Å². The Hall–Kier alpha value is -3.65. The van der Waals surface area contributed by atoms with Gasteiger partial charge in [-0.3, -0.25) is 20.3 Å². The lowest BCUT2D eigenvalue weighted by molar-refractivity contribution is -0.134. The van der Waals surface area contributed by atoms with E-state index in [1.165, 1.54) is 5.69 Å². The van der Waals surface area contributed by atoms with Crippen LogP contribution in [0.3, 0.4) is 0 Å². The number of amidine groups is 1. The predicted molar refractivity (Wildman–Crippen MR) is 138 cm³/mol. The van der Waals surface area contributed by atoms with E-state index in [0.717, 1.165) is 54.3 Å². The van der Waals surface area contributed by atoms with Crippen LogP contribution < -0.4 is 16.8 Å². The number of aromatic nitrogens is 1. The molecule has 1 fully saturated rings. The van der Waals surface area contributed by atoms with Crippen molar-refractivity contribution in [3.63, 3.8) is 0 Å². The summed E-state index contributed by atoms with van der Waals surface area (Å²) in [5.74, 6) is -0.436. The number of hydrogen-bond donors (Lipinski definition) is 4. The molecule has 1 aromatic heterocycles. The van der Waals surface area contributed by atoms with Gasteiger partial charge in [0.2, 0.25) is 11.8 Å². The molecular formula is C27H34N6O2. The van der Waals surface area contributed by atoms with Gasteiger partial charge in [-0.1, -0.05) is 42.5 Å². The molecule has 6 N–H and O–H groups in total. The molecule has 0 aliphatic carbocycles. The Morgan fingerprint density at radius 1 is 1.14 bits per heavy atom. The molecule has 4 rings (SSSR count). The Kier molecular flexibility index (Phi) is 7.51. The third kappa shape index (κ3) is 5.38. The van der Waals surface area contributed by atoms with Gasteiger partial charge >= 0.3 is 0 Å². The second kappa shape index (κ2) is 10.7. The van der Waals surface area contributed by atoms with E-state index in [0.29, 0.717) is 6.54 Å². The minimum absolute atomic E-state index is 0.0120. The van der Waals surface area contributed by atoms with Crippen molar-refractivity contribution in [1.29, 1.82) is 5.41 Å². The molecule has 2 aromatic carbocycles. The smallest absolute Gasteiger partial charge is 0.244 e. The van der Waals surface area contributed by atoms with Crippen LogP contribution in [0.2, 0.25) is 0 Å². The molecule has 0 saturated carbocycles. The molecule has 35 heavy (non-hydrogen) atoms. The second-order valence-corrected chi connectivity index (χ2v) is 9.12. The van der Waals surface area contributed by atoms with Crippen molar-refractivity contribution in [1.82, 2.24) is 14.8 Å². The molecule has 3 aromatic rings. The van der Waals surface area contributed by atoms with Crippen molar-refractivity contribution in [3.05, 3.63) is 71.4 Å².